The van der Waals surface area contributed by atoms with Gasteiger partial charge in [-0.05, 0) is 48.9 Å². The molecule has 0 fully saturated rings. The smallest absolute Gasteiger partial charge is 0.316 e. The van der Waals surface area contributed by atoms with Gasteiger partial charge in [0.1, 0.15) is 5.75 Å². The van der Waals surface area contributed by atoms with E-state index in [-0.39, 0.29) is 11.7 Å². The largest absolute Gasteiger partial charge is 0.495 e. The number of carbonyl (C=O) groups is 1. The molecule has 0 saturated heterocycles. The molecule has 1 N–H and O–H groups in total. The number of ether oxygens (including phenoxy) is 1. The van der Waals surface area contributed by atoms with Crippen LogP contribution in [0.25, 0.3) is 17.2 Å². The number of methoxy groups -OCH3 is 1. The molecule has 146 valence electrons. The van der Waals surface area contributed by atoms with Crippen molar-refractivity contribution >= 4 is 23.2 Å². The van der Waals surface area contributed by atoms with Crippen LogP contribution >= 0.6 is 11.6 Å². The average Bonchev–Trinajstić information content (AvgIpc) is 3.38. The quantitative estimate of drug-likeness (QED) is 0.536. The lowest BCUT2D eigenvalue weighted by Gasteiger charge is -2.09. The maximum absolute atomic E-state index is 12.5. The van der Waals surface area contributed by atoms with E-state index in [1.807, 2.05) is 13.0 Å². The molecular formula is C19H15ClN6O3. The first-order valence-corrected chi connectivity index (χ1v) is 8.89. The molecule has 0 bridgehead atoms. The number of carbonyl (C=O) groups excluding carboxylic acids is 1. The summed E-state index contributed by atoms with van der Waals surface area (Å²) in [6.07, 6.45) is 1.62. The Balaban J connectivity index is 1.53. The van der Waals surface area contributed by atoms with Crippen molar-refractivity contribution < 1.29 is 14.1 Å². The van der Waals surface area contributed by atoms with Crippen LogP contribution in [0.1, 0.15) is 16.2 Å². The Bertz CT molecular complexity index is 1170. The summed E-state index contributed by atoms with van der Waals surface area (Å²) in [4.78, 5) is 16.6. The van der Waals surface area contributed by atoms with E-state index in [2.05, 4.69) is 25.8 Å². The Morgan fingerprint density at radius 1 is 1.21 bits per heavy atom. The van der Waals surface area contributed by atoms with Crippen molar-refractivity contribution in [3.05, 3.63) is 65.1 Å². The van der Waals surface area contributed by atoms with Gasteiger partial charge < -0.3 is 14.6 Å². The standard InChI is InChI=1S/C19H15ClN6O3/c1-11-3-8-16(28-2)14(9-11)21-18(27)19-22-17(24-29-19)15-10-26(25-23-15)13-6-4-12(20)5-7-13/h3-10H,1-2H3,(H,21,27). The number of benzene rings is 2. The summed E-state index contributed by atoms with van der Waals surface area (Å²) in [5, 5.41) is 15.2. The minimum absolute atomic E-state index is 0.145. The first-order valence-electron chi connectivity index (χ1n) is 8.52. The van der Waals surface area contributed by atoms with Gasteiger partial charge in [-0.1, -0.05) is 28.0 Å². The van der Waals surface area contributed by atoms with Gasteiger partial charge in [0, 0.05) is 5.02 Å². The van der Waals surface area contributed by atoms with E-state index in [1.54, 1.807) is 47.3 Å². The number of hydrogen-bond acceptors (Lipinski definition) is 7. The molecular weight excluding hydrogens is 396 g/mol. The molecule has 1 amide bonds. The van der Waals surface area contributed by atoms with E-state index in [9.17, 15) is 4.79 Å². The highest BCUT2D eigenvalue weighted by molar-refractivity contribution is 6.30. The molecule has 0 atom stereocenters. The summed E-state index contributed by atoms with van der Waals surface area (Å²) in [6.45, 7) is 1.91. The molecule has 2 aromatic carbocycles. The predicted molar refractivity (Wildman–Crippen MR) is 105 cm³/mol. The third-order valence-corrected chi connectivity index (χ3v) is 4.29. The number of nitrogens with one attached hydrogen (secondary N) is 1. The molecule has 4 rings (SSSR count). The molecule has 4 aromatic rings. The number of rotatable bonds is 5. The van der Waals surface area contributed by atoms with Crippen molar-refractivity contribution in [1.29, 1.82) is 0 Å². The minimum atomic E-state index is -0.558. The summed E-state index contributed by atoms with van der Waals surface area (Å²) in [6, 6.07) is 12.5. The summed E-state index contributed by atoms with van der Waals surface area (Å²) >= 11 is 5.89. The van der Waals surface area contributed by atoms with Gasteiger partial charge >= 0.3 is 11.8 Å². The average molecular weight is 411 g/mol. The molecule has 0 unspecified atom stereocenters. The fraction of sp³-hybridized carbons (Fsp3) is 0.105. The maximum Gasteiger partial charge on any atom is 0.316 e. The lowest BCUT2D eigenvalue weighted by Crippen LogP contribution is -2.13. The van der Waals surface area contributed by atoms with Crippen LogP contribution in [0.15, 0.2) is 53.2 Å². The Labute approximate surface area is 170 Å². The van der Waals surface area contributed by atoms with Gasteiger partial charge in [-0.3, -0.25) is 4.79 Å². The summed E-state index contributed by atoms with van der Waals surface area (Å²) < 4.78 is 11.9. The van der Waals surface area contributed by atoms with Crippen molar-refractivity contribution in [3.8, 4) is 23.0 Å². The monoisotopic (exact) mass is 410 g/mol. The second kappa shape index (κ2) is 7.72. The zero-order chi connectivity index (χ0) is 20.4. The van der Waals surface area contributed by atoms with Crippen molar-refractivity contribution in [3.63, 3.8) is 0 Å². The summed E-state index contributed by atoms with van der Waals surface area (Å²) in [5.74, 6) is -0.0940. The SMILES string of the molecule is COc1ccc(C)cc1NC(=O)c1nc(-c2cn(-c3ccc(Cl)cc3)nn2)no1. The Morgan fingerprint density at radius 3 is 2.76 bits per heavy atom. The van der Waals surface area contributed by atoms with Crippen LogP contribution in [0.2, 0.25) is 5.02 Å². The Kier molecular flexibility index (Phi) is 4.96. The molecule has 0 aliphatic carbocycles. The third-order valence-electron chi connectivity index (χ3n) is 4.04. The van der Waals surface area contributed by atoms with Gasteiger partial charge in [-0.2, -0.15) is 4.98 Å². The topological polar surface area (TPSA) is 108 Å². The fourth-order valence-electron chi connectivity index (χ4n) is 2.60. The molecule has 29 heavy (non-hydrogen) atoms. The van der Waals surface area contributed by atoms with Crippen molar-refractivity contribution in [2.24, 2.45) is 0 Å². The Hall–Kier alpha value is -3.72. The first-order chi connectivity index (χ1) is 14.0. The number of aryl methyl sites for hydroxylation is 1. The molecule has 0 radical (unpaired) electrons. The van der Waals surface area contributed by atoms with Crippen molar-refractivity contribution in [2.75, 3.05) is 12.4 Å². The number of anilines is 1. The van der Waals surface area contributed by atoms with Crippen LogP contribution < -0.4 is 10.1 Å². The number of amides is 1. The first kappa shape index (κ1) is 18.6. The molecule has 0 aliphatic rings. The molecule has 10 heteroatoms. The Morgan fingerprint density at radius 2 is 2.00 bits per heavy atom. The zero-order valence-corrected chi connectivity index (χ0v) is 16.2. The highest BCUT2D eigenvalue weighted by Gasteiger charge is 2.19. The van der Waals surface area contributed by atoms with Crippen LogP contribution in [-0.2, 0) is 0 Å². The molecule has 9 nitrogen and oxygen atoms in total. The third kappa shape index (κ3) is 3.94. The second-order valence-corrected chi connectivity index (χ2v) is 6.54. The molecule has 2 aromatic heterocycles. The highest BCUT2D eigenvalue weighted by atomic mass is 35.5. The van der Waals surface area contributed by atoms with E-state index < -0.39 is 5.91 Å². The second-order valence-electron chi connectivity index (χ2n) is 6.11. The summed E-state index contributed by atoms with van der Waals surface area (Å²) in [5.41, 5.74) is 2.59. The number of hydrogen-bond donors (Lipinski definition) is 1. The summed E-state index contributed by atoms with van der Waals surface area (Å²) in [7, 11) is 1.52. The van der Waals surface area contributed by atoms with Gasteiger partial charge in [0.25, 0.3) is 0 Å². The molecule has 0 aliphatic heterocycles. The minimum Gasteiger partial charge on any atom is -0.495 e. The van der Waals surface area contributed by atoms with Crippen LogP contribution in [-0.4, -0.2) is 38.2 Å². The van der Waals surface area contributed by atoms with Gasteiger partial charge in [0.2, 0.25) is 5.82 Å². The van der Waals surface area contributed by atoms with Crippen molar-refractivity contribution in [2.45, 2.75) is 6.92 Å². The maximum atomic E-state index is 12.5. The number of halogens is 1. The molecule has 2 heterocycles. The zero-order valence-electron chi connectivity index (χ0n) is 15.5. The van der Waals surface area contributed by atoms with Gasteiger partial charge in [-0.25, -0.2) is 4.68 Å². The predicted octanol–water partition coefficient (Wildman–Crippen LogP) is 3.54. The normalized spacial score (nSPS) is 10.7. The van der Waals surface area contributed by atoms with E-state index in [1.165, 1.54) is 7.11 Å². The molecule has 0 spiro atoms. The van der Waals surface area contributed by atoms with Gasteiger partial charge in [0.05, 0.1) is 24.7 Å². The number of nitrogens with zero attached hydrogens (tertiary/aromatic N) is 5. The van der Waals surface area contributed by atoms with Gasteiger partial charge in [0.15, 0.2) is 5.69 Å². The van der Waals surface area contributed by atoms with Crippen LogP contribution in [0.3, 0.4) is 0 Å². The fourth-order valence-corrected chi connectivity index (χ4v) is 2.73. The van der Waals surface area contributed by atoms with Crippen molar-refractivity contribution in [1.82, 2.24) is 25.1 Å². The lowest BCUT2D eigenvalue weighted by molar-refractivity contribution is 0.0981. The van der Waals surface area contributed by atoms with Crippen LogP contribution in [0.4, 0.5) is 5.69 Å². The van der Waals surface area contributed by atoms with E-state index in [0.29, 0.717) is 22.2 Å². The van der Waals surface area contributed by atoms with Crippen LogP contribution in [0.5, 0.6) is 5.75 Å². The number of aromatic nitrogens is 5. The molecule has 0 saturated carbocycles. The lowest BCUT2D eigenvalue weighted by atomic mass is 10.2. The van der Waals surface area contributed by atoms with E-state index >= 15 is 0 Å². The highest BCUT2D eigenvalue weighted by Crippen LogP contribution is 2.26. The van der Waals surface area contributed by atoms with Gasteiger partial charge in [-0.15, -0.1) is 5.10 Å². The van der Waals surface area contributed by atoms with E-state index in [4.69, 9.17) is 20.9 Å². The van der Waals surface area contributed by atoms with E-state index in [0.717, 1.165) is 11.3 Å². The van der Waals surface area contributed by atoms with Crippen LogP contribution in [0, 0.1) is 6.92 Å².